The lowest BCUT2D eigenvalue weighted by atomic mass is 9.52. The standard InChI is InChI=1S/C23H27FN4O3/c1-27-19(28-5-6-31-21-16(24)3-2-4-18(21)28)9-17(26-27)22(29)25-20-14-7-13-8-15(20)12-23(30,10-13)11-14/h2-4,9,13-15,20,30H,5-8,10-12H2,1H3,(H,25,29). The third kappa shape index (κ3) is 3.03. The minimum Gasteiger partial charge on any atom is -0.486 e. The lowest BCUT2D eigenvalue weighted by Gasteiger charge is -2.58. The summed E-state index contributed by atoms with van der Waals surface area (Å²) in [6.07, 6.45) is 4.68. The van der Waals surface area contributed by atoms with E-state index in [0.717, 1.165) is 37.9 Å². The van der Waals surface area contributed by atoms with Gasteiger partial charge in [0.1, 0.15) is 12.4 Å². The molecule has 4 saturated carbocycles. The quantitative estimate of drug-likeness (QED) is 0.789. The van der Waals surface area contributed by atoms with Crippen LogP contribution < -0.4 is 15.0 Å². The molecule has 2 N–H and O–H groups in total. The zero-order chi connectivity index (χ0) is 21.3. The first-order valence-corrected chi connectivity index (χ1v) is 11.2. The van der Waals surface area contributed by atoms with Gasteiger partial charge in [0, 0.05) is 19.2 Å². The first kappa shape index (κ1) is 19.1. The van der Waals surface area contributed by atoms with Crippen molar-refractivity contribution < 1.29 is 19.0 Å². The van der Waals surface area contributed by atoms with E-state index in [1.54, 1.807) is 23.9 Å². The van der Waals surface area contributed by atoms with E-state index in [0.29, 0.717) is 42.3 Å². The summed E-state index contributed by atoms with van der Waals surface area (Å²) in [5.41, 5.74) is 0.472. The van der Waals surface area contributed by atoms with Gasteiger partial charge in [0.2, 0.25) is 0 Å². The number of nitrogens with zero attached hydrogens (tertiary/aromatic N) is 3. The van der Waals surface area contributed by atoms with Crippen LogP contribution in [0, 0.1) is 23.6 Å². The number of fused-ring (bicyclic) bond motifs is 1. The lowest BCUT2D eigenvalue weighted by Crippen LogP contribution is -2.61. The topological polar surface area (TPSA) is 79.6 Å². The molecule has 1 amide bonds. The maximum Gasteiger partial charge on any atom is 0.272 e. The Hall–Kier alpha value is -2.61. The number of hydrogen-bond acceptors (Lipinski definition) is 5. The van der Waals surface area contributed by atoms with E-state index in [4.69, 9.17) is 4.74 Å². The molecule has 1 aromatic carbocycles. The summed E-state index contributed by atoms with van der Waals surface area (Å²) in [6.45, 7) is 0.903. The van der Waals surface area contributed by atoms with Crippen LogP contribution in [0.3, 0.4) is 0 Å². The Kier molecular flexibility index (Phi) is 4.12. The van der Waals surface area contributed by atoms with E-state index in [9.17, 15) is 14.3 Å². The number of hydrogen-bond donors (Lipinski definition) is 2. The average molecular weight is 426 g/mol. The van der Waals surface area contributed by atoms with Crippen molar-refractivity contribution in [3.63, 3.8) is 0 Å². The molecule has 31 heavy (non-hydrogen) atoms. The van der Waals surface area contributed by atoms with Gasteiger partial charge in [-0.3, -0.25) is 9.48 Å². The van der Waals surface area contributed by atoms with E-state index < -0.39 is 11.4 Å². The van der Waals surface area contributed by atoms with Crippen LogP contribution in [0.1, 0.15) is 42.6 Å². The number of nitrogens with one attached hydrogen (secondary N) is 1. The van der Waals surface area contributed by atoms with Gasteiger partial charge in [-0.25, -0.2) is 4.39 Å². The van der Waals surface area contributed by atoms with Crippen molar-refractivity contribution in [2.75, 3.05) is 18.1 Å². The maximum absolute atomic E-state index is 14.2. The third-order valence-electron chi connectivity index (χ3n) is 7.70. The molecular formula is C23H27FN4O3. The summed E-state index contributed by atoms with van der Waals surface area (Å²) in [4.78, 5) is 15.0. The average Bonchev–Trinajstić information content (AvgIpc) is 3.11. The van der Waals surface area contributed by atoms with Gasteiger partial charge in [-0.15, -0.1) is 0 Å². The molecule has 4 bridgehead atoms. The van der Waals surface area contributed by atoms with Gasteiger partial charge < -0.3 is 20.1 Å². The zero-order valence-corrected chi connectivity index (χ0v) is 17.6. The van der Waals surface area contributed by atoms with Gasteiger partial charge >= 0.3 is 0 Å². The van der Waals surface area contributed by atoms with Crippen molar-refractivity contribution in [2.24, 2.45) is 24.8 Å². The second-order valence-electron chi connectivity index (χ2n) is 9.79. The largest absolute Gasteiger partial charge is 0.486 e. The smallest absolute Gasteiger partial charge is 0.272 e. The first-order valence-electron chi connectivity index (χ1n) is 11.2. The van der Waals surface area contributed by atoms with Crippen molar-refractivity contribution in [3.8, 4) is 5.75 Å². The van der Waals surface area contributed by atoms with E-state index >= 15 is 0 Å². The normalized spacial score (nSPS) is 33.2. The van der Waals surface area contributed by atoms with Gasteiger partial charge in [0.15, 0.2) is 17.3 Å². The SMILES string of the molecule is Cn1nc(C(=O)NC2C3CC4CC2CC(O)(C4)C3)cc1N1CCOc2c(F)cccc21. The van der Waals surface area contributed by atoms with E-state index in [1.807, 2.05) is 11.0 Å². The summed E-state index contributed by atoms with van der Waals surface area (Å²) < 4.78 is 21.3. The summed E-state index contributed by atoms with van der Waals surface area (Å²) in [7, 11) is 1.79. The molecule has 0 spiro atoms. The number of carbonyl (C=O) groups excluding carboxylic acids is 1. The molecule has 5 aliphatic rings. The molecule has 0 radical (unpaired) electrons. The summed E-state index contributed by atoms with van der Waals surface area (Å²) in [5, 5.41) is 18.5. The highest BCUT2D eigenvalue weighted by molar-refractivity contribution is 5.93. The maximum atomic E-state index is 14.2. The fraction of sp³-hybridized carbons (Fsp3) is 0.565. The summed E-state index contributed by atoms with van der Waals surface area (Å²) in [6, 6.07) is 6.71. The van der Waals surface area contributed by atoms with Crippen molar-refractivity contribution in [2.45, 2.75) is 43.7 Å². The second-order valence-corrected chi connectivity index (χ2v) is 9.79. The Labute approximate surface area is 180 Å². The minimum atomic E-state index is -0.519. The molecule has 4 aliphatic carbocycles. The number of anilines is 2. The van der Waals surface area contributed by atoms with Gasteiger partial charge in [-0.05, 0) is 62.0 Å². The van der Waals surface area contributed by atoms with Crippen LogP contribution in [0.4, 0.5) is 15.9 Å². The van der Waals surface area contributed by atoms with Crippen LogP contribution >= 0.6 is 0 Å². The van der Waals surface area contributed by atoms with Crippen molar-refractivity contribution in [1.29, 1.82) is 0 Å². The molecule has 2 unspecified atom stereocenters. The highest BCUT2D eigenvalue weighted by atomic mass is 19.1. The summed E-state index contributed by atoms with van der Waals surface area (Å²) >= 11 is 0. The van der Waals surface area contributed by atoms with Gasteiger partial charge in [0.25, 0.3) is 5.91 Å². The fourth-order valence-electron chi connectivity index (χ4n) is 6.71. The number of rotatable bonds is 3. The number of aryl methyl sites for hydroxylation is 1. The highest BCUT2D eigenvalue weighted by Gasteiger charge is 2.55. The van der Waals surface area contributed by atoms with Gasteiger partial charge in [-0.1, -0.05) is 6.07 Å². The molecule has 0 saturated heterocycles. The minimum absolute atomic E-state index is 0.105. The van der Waals surface area contributed by atoms with Crippen LogP contribution in [0.5, 0.6) is 5.75 Å². The Morgan fingerprint density at radius 1 is 1.29 bits per heavy atom. The highest BCUT2D eigenvalue weighted by Crippen LogP contribution is 2.55. The van der Waals surface area contributed by atoms with E-state index in [-0.39, 0.29) is 17.7 Å². The Bertz CT molecular complexity index is 1040. The molecule has 8 heteroatoms. The molecule has 7 rings (SSSR count). The number of aromatic nitrogens is 2. The molecule has 7 nitrogen and oxygen atoms in total. The monoisotopic (exact) mass is 426 g/mol. The third-order valence-corrected chi connectivity index (χ3v) is 7.70. The first-order chi connectivity index (χ1) is 14.9. The number of benzene rings is 1. The lowest BCUT2D eigenvalue weighted by molar-refractivity contribution is -0.136. The molecule has 2 heterocycles. The number of halogens is 1. The molecule has 2 atom stereocenters. The predicted molar refractivity (Wildman–Crippen MR) is 112 cm³/mol. The van der Waals surface area contributed by atoms with Crippen LogP contribution in [0.25, 0.3) is 0 Å². The van der Waals surface area contributed by atoms with Crippen molar-refractivity contribution in [1.82, 2.24) is 15.1 Å². The number of ether oxygens (including phenoxy) is 1. The molecular weight excluding hydrogens is 399 g/mol. The molecule has 164 valence electrons. The number of carbonyl (C=O) groups is 1. The predicted octanol–water partition coefficient (Wildman–Crippen LogP) is 2.76. The van der Waals surface area contributed by atoms with Gasteiger partial charge in [0.05, 0.1) is 17.8 Å². The molecule has 1 aromatic heterocycles. The Morgan fingerprint density at radius 2 is 2.06 bits per heavy atom. The summed E-state index contributed by atoms with van der Waals surface area (Å²) in [5.74, 6) is 1.66. The second kappa shape index (κ2) is 6.69. The Morgan fingerprint density at radius 3 is 2.81 bits per heavy atom. The number of aliphatic hydroxyl groups is 1. The van der Waals surface area contributed by atoms with Crippen molar-refractivity contribution >= 4 is 17.4 Å². The van der Waals surface area contributed by atoms with Crippen LogP contribution in [-0.4, -0.2) is 45.6 Å². The molecule has 2 aromatic rings. The van der Waals surface area contributed by atoms with Crippen molar-refractivity contribution in [3.05, 3.63) is 35.8 Å². The van der Waals surface area contributed by atoms with E-state index in [2.05, 4.69) is 10.4 Å². The Balaban J connectivity index is 1.24. The number of para-hydroxylation sites is 1. The fourth-order valence-corrected chi connectivity index (χ4v) is 6.71. The van der Waals surface area contributed by atoms with Gasteiger partial charge in [-0.2, -0.15) is 5.10 Å². The molecule has 1 aliphatic heterocycles. The van der Waals surface area contributed by atoms with Crippen LogP contribution in [0.2, 0.25) is 0 Å². The zero-order valence-electron chi connectivity index (χ0n) is 17.6. The van der Waals surface area contributed by atoms with Crippen LogP contribution in [-0.2, 0) is 7.05 Å². The van der Waals surface area contributed by atoms with Crippen LogP contribution in [0.15, 0.2) is 24.3 Å². The van der Waals surface area contributed by atoms with E-state index in [1.165, 1.54) is 6.07 Å². The molecule has 4 fully saturated rings. The number of amides is 1.